The second-order valence-electron chi connectivity index (χ2n) is 3.66. The number of ether oxygens (including phenoxy) is 1. The number of anilines is 1. The zero-order valence-electron chi connectivity index (χ0n) is 9.57. The monoisotopic (exact) mass is 249 g/mol. The minimum atomic E-state index is 0.423. The molecular weight excluding hydrogens is 238 g/mol. The number of aryl methyl sites for hydroxylation is 2. The van der Waals surface area contributed by atoms with E-state index in [1.165, 1.54) is 0 Å². The number of rotatable bonds is 2. The average molecular weight is 250 g/mol. The minimum absolute atomic E-state index is 0.423. The molecule has 4 nitrogen and oxygen atoms in total. The van der Waals surface area contributed by atoms with E-state index in [2.05, 4.69) is 9.97 Å². The van der Waals surface area contributed by atoms with Crippen molar-refractivity contribution in [2.24, 2.45) is 0 Å². The Labute approximate surface area is 104 Å². The topological polar surface area (TPSA) is 61.0 Å². The summed E-state index contributed by atoms with van der Waals surface area (Å²) in [6.07, 6.45) is 0. The van der Waals surface area contributed by atoms with Gasteiger partial charge in [-0.25, -0.2) is 4.98 Å². The summed E-state index contributed by atoms with van der Waals surface area (Å²) in [6, 6.07) is 6.94. The summed E-state index contributed by atoms with van der Waals surface area (Å²) in [5.41, 5.74) is 7.10. The molecule has 17 heavy (non-hydrogen) atoms. The van der Waals surface area contributed by atoms with Gasteiger partial charge in [0.05, 0.1) is 10.7 Å². The lowest BCUT2D eigenvalue weighted by atomic mass is 10.3. The third-order valence-electron chi connectivity index (χ3n) is 2.15. The quantitative estimate of drug-likeness (QED) is 0.831. The van der Waals surface area contributed by atoms with Gasteiger partial charge in [-0.1, -0.05) is 17.7 Å². The van der Waals surface area contributed by atoms with Gasteiger partial charge in [-0.15, -0.1) is 0 Å². The van der Waals surface area contributed by atoms with Crippen molar-refractivity contribution in [3.63, 3.8) is 0 Å². The fraction of sp³-hybridized carbons (Fsp3) is 0.167. The van der Waals surface area contributed by atoms with E-state index < -0.39 is 0 Å². The van der Waals surface area contributed by atoms with E-state index in [9.17, 15) is 0 Å². The predicted octanol–water partition coefficient (Wildman–Crippen LogP) is 3.12. The van der Waals surface area contributed by atoms with Crippen molar-refractivity contribution >= 4 is 17.3 Å². The number of hydrogen-bond acceptors (Lipinski definition) is 4. The molecule has 2 aromatic rings. The van der Waals surface area contributed by atoms with E-state index >= 15 is 0 Å². The number of nitrogen functional groups attached to an aromatic ring is 1. The van der Waals surface area contributed by atoms with Gasteiger partial charge >= 0.3 is 0 Å². The van der Waals surface area contributed by atoms with Crippen LogP contribution in [0.1, 0.15) is 11.5 Å². The van der Waals surface area contributed by atoms with Crippen LogP contribution in [0.2, 0.25) is 5.02 Å². The van der Waals surface area contributed by atoms with Gasteiger partial charge in [-0.05, 0) is 26.0 Å². The molecule has 0 saturated heterocycles. The Morgan fingerprint density at radius 3 is 2.65 bits per heavy atom. The molecule has 0 fully saturated rings. The highest BCUT2D eigenvalue weighted by molar-refractivity contribution is 6.32. The van der Waals surface area contributed by atoms with Gasteiger partial charge in [-0.3, -0.25) is 0 Å². The van der Waals surface area contributed by atoms with E-state index in [4.69, 9.17) is 22.1 Å². The molecule has 1 aromatic heterocycles. The van der Waals surface area contributed by atoms with Crippen molar-refractivity contribution in [3.8, 4) is 11.6 Å². The molecule has 0 radical (unpaired) electrons. The third-order valence-corrected chi connectivity index (χ3v) is 2.44. The maximum absolute atomic E-state index is 6.01. The highest BCUT2D eigenvalue weighted by atomic mass is 35.5. The molecule has 0 atom stereocenters. The number of para-hydroxylation sites is 1. The Balaban J connectivity index is 2.38. The molecule has 0 aliphatic carbocycles. The SMILES string of the molecule is Cc1cc(Oc2c(N)cccc2Cl)nc(C)n1. The summed E-state index contributed by atoms with van der Waals surface area (Å²) in [6.45, 7) is 3.67. The molecule has 88 valence electrons. The second-order valence-corrected chi connectivity index (χ2v) is 4.06. The van der Waals surface area contributed by atoms with Crippen LogP contribution in [-0.4, -0.2) is 9.97 Å². The van der Waals surface area contributed by atoms with Gasteiger partial charge in [0.1, 0.15) is 5.82 Å². The highest BCUT2D eigenvalue weighted by Crippen LogP contribution is 2.33. The summed E-state index contributed by atoms with van der Waals surface area (Å²) in [5, 5.41) is 0.457. The van der Waals surface area contributed by atoms with E-state index in [1.807, 2.05) is 6.92 Å². The van der Waals surface area contributed by atoms with Crippen LogP contribution >= 0.6 is 11.6 Å². The van der Waals surface area contributed by atoms with Crippen LogP contribution in [0.25, 0.3) is 0 Å². The first kappa shape index (κ1) is 11.7. The molecule has 0 amide bonds. The van der Waals surface area contributed by atoms with Crippen molar-refractivity contribution in [1.82, 2.24) is 9.97 Å². The molecule has 0 bridgehead atoms. The zero-order valence-corrected chi connectivity index (χ0v) is 10.3. The lowest BCUT2D eigenvalue weighted by Gasteiger charge is -2.09. The molecule has 2 rings (SSSR count). The lowest BCUT2D eigenvalue weighted by Crippen LogP contribution is -1.97. The van der Waals surface area contributed by atoms with Crippen molar-refractivity contribution in [2.45, 2.75) is 13.8 Å². The van der Waals surface area contributed by atoms with E-state index in [0.717, 1.165) is 5.69 Å². The molecule has 0 unspecified atom stereocenters. The number of nitrogens with zero attached hydrogens (tertiary/aromatic N) is 2. The van der Waals surface area contributed by atoms with Crippen LogP contribution in [0, 0.1) is 13.8 Å². The van der Waals surface area contributed by atoms with Crippen LogP contribution in [0.15, 0.2) is 24.3 Å². The number of aromatic nitrogens is 2. The molecule has 1 heterocycles. The number of benzene rings is 1. The Morgan fingerprint density at radius 1 is 1.24 bits per heavy atom. The van der Waals surface area contributed by atoms with Crippen LogP contribution in [0.4, 0.5) is 5.69 Å². The number of halogens is 1. The Bertz CT molecular complexity index is 517. The van der Waals surface area contributed by atoms with Crippen molar-refractivity contribution in [3.05, 3.63) is 40.8 Å². The minimum Gasteiger partial charge on any atom is -0.435 e. The summed E-state index contributed by atoms with van der Waals surface area (Å²) >= 11 is 6.01. The van der Waals surface area contributed by atoms with Crippen LogP contribution in [0.3, 0.4) is 0 Å². The first-order valence-electron chi connectivity index (χ1n) is 5.10. The van der Waals surface area contributed by atoms with Gasteiger partial charge in [0.2, 0.25) is 5.88 Å². The Kier molecular flexibility index (Phi) is 3.15. The summed E-state index contributed by atoms with van der Waals surface area (Å²) in [7, 11) is 0. The van der Waals surface area contributed by atoms with Crippen LogP contribution < -0.4 is 10.5 Å². The van der Waals surface area contributed by atoms with Gasteiger partial charge in [0.15, 0.2) is 5.75 Å². The predicted molar refractivity (Wildman–Crippen MR) is 67.4 cm³/mol. The standard InChI is InChI=1S/C12H12ClN3O/c1-7-6-11(16-8(2)15-7)17-12-9(13)4-3-5-10(12)14/h3-6H,14H2,1-2H3. The molecule has 5 heteroatoms. The largest absolute Gasteiger partial charge is 0.435 e. The molecule has 1 aromatic carbocycles. The zero-order chi connectivity index (χ0) is 12.4. The van der Waals surface area contributed by atoms with E-state index in [1.54, 1.807) is 31.2 Å². The molecule has 0 aliphatic heterocycles. The average Bonchev–Trinajstić information content (AvgIpc) is 2.22. The normalized spacial score (nSPS) is 10.3. The molecular formula is C12H12ClN3O. The fourth-order valence-corrected chi connectivity index (χ4v) is 1.69. The number of nitrogens with two attached hydrogens (primary N) is 1. The van der Waals surface area contributed by atoms with Crippen molar-refractivity contribution < 1.29 is 4.74 Å². The highest BCUT2D eigenvalue weighted by Gasteiger charge is 2.08. The number of hydrogen-bond donors (Lipinski definition) is 1. The van der Waals surface area contributed by atoms with Crippen LogP contribution in [0.5, 0.6) is 11.6 Å². The molecule has 0 aliphatic rings. The summed E-state index contributed by atoms with van der Waals surface area (Å²) in [4.78, 5) is 8.33. The van der Waals surface area contributed by atoms with Gasteiger partial charge < -0.3 is 10.5 Å². The summed E-state index contributed by atoms with van der Waals surface area (Å²) in [5.74, 6) is 1.51. The maximum atomic E-state index is 6.01. The summed E-state index contributed by atoms with van der Waals surface area (Å²) < 4.78 is 5.59. The lowest BCUT2D eigenvalue weighted by molar-refractivity contribution is 0.461. The fourth-order valence-electron chi connectivity index (χ4n) is 1.47. The first-order valence-corrected chi connectivity index (χ1v) is 5.48. The van der Waals surface area contributed by atoms with Crippen molar-refractivity contribution in [1.29, 1.82) is 0 Å². The Hall–Kier alpha value is -1.81. The van der Waals surface area contributed by atoms with E-state index in [-0.39, 0.29) is 0 Å². The molecule has 0 saturated carbocycles. The van der Waals surface area contributed by atoms with Crippen molar-refractivity contribution in [2.75, 3.05) is 5.73 Å². The van der Waals surface area contributed by atoms with Crippen LogP contribution in [-0.2, 0) is 0 Å². The molecule has 2 N–H and O–H groups in total. The first-order chi connectivity index (χ1) is 8.06. The Morgan fingerprint density at radius 2 is 2.00 bits per heavy atom. The van der Waals surface area contributed by atoms with Gasteiger partial charge in [-0.2, -0.15) is 4.98 Å². The maximum Gasteiger partial charge on any atom is 0.222 e. The van der Waals surface area contributed by atoms with Gasteiger partial charge in [0.25, 0.3) is 0 Å². The van der Waals surface area contributed by atoms with E-state index in [0.29, 0.717) is 28.2 Å². The smallest absolute Gasteiger partial charge is 0.222 e. The van der Waals surface area contributed by atoms with Gasteiger partial charge in [0, 0.05) is 11.8 Å². The third kappa shape index (κ3) is 2.65. The molecule has 0 spiro atoms. The second kappa shape index (κ2) is 4.59.